The summed E-state index contributed by atoms with van der Waals surface area (Å²) in [5, 5.41) is 15.1. The van der Waals surface area contributed by atoms with Crippen LogP contribution in [0.15, 0.2) is 36.4 Å². The number of amides is 2. The summed E-state index contributed by atoms with van der Waals surface area (Å²) in [4.78, 5) is 24.1. The third-order valence-electron chi connectivity index (χ3n) is 3.60. The molecule has 0 fully saturated rings. The molecule has 2 rings (SSSR count). The normalized spacial score (nSPS) is 11.6. The van der Waals surface area contributed by atoms with Gasteiger partial charge in [-0.15, -0.1) is 0 Å². The number of hydrogen-bond donors (Lipinski definition) is 6. The summed E-state index contributed by atoms with van der Waals surface area (Å²) in [6.07, 6.45) is -0.955. The molecule has 26 heavy (non-hydrogen) atoms. The van der Waals surface area contributed by atoms with Crippen molar-refractivity contribution in [3.8, 4) is 0 Å². The average molecular weight is 357 g/mol. The molecule has 0 bridgehead atoms. The van der Waals surface area contributed by atoms with Gasteiger partial charge in [-0.2, -0.15) is 0 Å². The fraction of sp³-hybridized carbons (Fsp3) is 0.222. The first-order valence-electron chi connectivity index (χ1n) is 8.02. The van der Waals surface area contributed by atoms with Crippen molar-refractivity contribution in [3.05, 3.63) is 53.1 Å². The molecule has 0 aromatic heterocycles. The SMILES string of the molecule is Cc1cc(N)cc(C(=O)NCC(O)CNC(=O)c2cc(N)cc(N)c2)c1. The van der Waals surface area contributed by atoms with Crippen molar-refractivity contribution in [1.29, 1.82) is 0 Å². The van der Waals surface area contributed by atoms with Gasteiger partial charge in [-0.1, -0.05) is 0 Å². The van der Waals surface area contributed by atoms with Crippen molar-refractivity contribution < 1.29 is 14.7 Å². The van der Waals surface area contributed by atoms with Gasteiger partial charge in [-0.3, -0.25) is 9.59 Å². The van der Waals surface area contributed by atoms with Gasteiger partial charge >= 0.3 is 0 Å². The number of hydrogen-bond acceptors (Lipinski definition) is 6. The van der Waals surface area contributed by atoms with Gasteiger partial charge in [-0.25, -0.2) is 0 Å². The highest BCUT2D eigenvalue weighted by Crippen LogP contribution is 2.13. The largest absolute Gasteiger partial charge is 0.399 e. The van der Waals surface area contributed by atoms with Crippen LogP contribution in [0.2, 0.25) is 0 Å². The Labute approximate surface area is 151 Å². The van der Waals surface area contributed by atoms with Gasteiger partial charge in [0, 0.05) is 41.3 Å². The minimum Gasteiger partial charge on any atom is -0.399 e. The highest BCUT2D eigenvalue weighted by atomic mass is 16.3. The minimum atomic E-state index is -0.955. The number of anilines is 3. The summed E-state index contributed by atoms with van der Waals surface area (Å²) in [5.41, 5.74) is 19.8. The first kappa shape index (κ1) is 19.1. The zero-order valence-electron chi connectivity index (χ0n) is 14.5. The zero-order valence-corrected chi connectivity index (χ0v) is 14.5. The molecule has 0 radical (unpaired) electrons. The maximum Gasteiger partial charge on any atom is 0.251 e. The molecule has 138 valence electrons. The van der Waals surface area contributed by atoms with Gasteiger partial charge in [0.05, 0.1) is 6.10 Å². The molecule has 1 atom stereocenters. The molecule has 9 N–H and O–H groups in total. The number of rotatable bonds is 6. The molecule has 0 aliphatic rings. The summed E-state index contributed by atoms with van der Waals surface area (Å²) >= 11 is 0. The first-order chi connectivity index (χ1) is 12.2. The van der Waals surface area contributed by atoms with Crippen LogP contribution in [0, 0.1) is 6.92 Å². The van der Waals surface area contributed by atoms with Crippen molar-refractivity contribution in [2.75, 3.05) is 30.3 Å². The highest BCUT2D eigenvalue weighted by Gasteiger charge is 2.12. The Morgan fingerprint density at radius 3 is 1.73 bits per heavy atom. The van der Waals surface area contributed by atoms with Crippen LogP contribution in [0.1, 0.15) is 26.3 Å². The lowest BCUT2D eigenvalue weighted by Crippen LogP contribution is -2.40. The Balaban J connectivity index is 1.83. The summed E-state index contributed by atoms with van der Waals surface area (Å²) in [6, 6.07) is 9.53. The molecule has 2 aromatic rings. The molecule has 0 aliphatic carbocycles. The fourth-order valence-electron chi connectivity index (χ4n) is 2.45. The zero-order chi connectivity index (χ0) is 19.3. The molecule has 0 heterocycles. The first-order valence-corrected chi connectivity index (χ1v) is 8.02. The van der Waals surface area contributed by atoms with E-state index in [0.717, 1.165) is 5.56 Å². The monoisotopic (exact) mass is 357 g/mol. The van der Waals surface area contributed by atoms with Crippen LogP contribution < -0.4 is 27.8 Å². The van der Waals surface area contributed by atoms with Gasteiger partial charge < -0.3 is 32.9 Å². The third-order valence-corrected chi connectivity index (χ3v) is 3.60. The number of aryl methyl sites for hydroxylation is 1. The Hall–Kier alpha value is -3.26. The van der Waals surface area contributed by atoms with E-state index >= 15 is 0 Å². The number of nitrogen functional groups attached to an aromatic ring is 3. The van der Waals surface area contributed by atoms with Crippen LogP contribution in [0.25, 0.3) is 0 Å². The minimum absolute atomic E-state index is 0.0218. The predicted molar refractivity (Wildman–Crippen MR) is 102 cm³/mol. The van der Waals surface area contributed by atoms with Crippen LogP contribution in [-0.4, -0.2) is 36.1 Å². The number of nitrogens with two attached hydrogens (primary N) is 3. The van der Waals surface area contributed by atoms with E-state index in [2.05, 4.69) is 10.6 Å². The number of benzene rings is 2. The van der Waals surface area contributed by atoms with Crippen LogP contribution in [0.3, 0.4) is 0 Å². The van der Waals surface area contributed by atoms with Crippen LogP contribution >= 0.6 is 0 Å². The molecule has 0 saturated carbocycles. The van der Waals surface area contributed by atoms with E-state index in [4.69, 9.17) is 17.2 Å². The van der Waals surface area contributed by atoms with E-state index in [1.54, 1.807) is 24.3 Å². The Morgan fingerprint density at radius 2 is 1.27 bits per heavy atom. The van der Waals surface area contributed by atoms with E-state index in [1.165, 1.54) is 12.1 Å². The molecular weight excluding hydrogens is 334 g/mol. The molecular formula is C18H23N5O3. The van der Waals surface area contributed by atoms with E-state index in [9.17, 15) is 14.7 Å². The molecule has 0 saturated heterocycles. The smallest absolute Gasteiger partial charge is 0.251 e. The van der Waals surface area contributed by atoms with Gasteiger partial charge in [0.2, 0.25) is 0 Å². The Kier molecular flexibility index (Phi) is 6.03. The molecule has 8 heteroatoms. The second kappa shape index (κ2) is 8.21. The molecule has 1 unspecified atom stereocenters. The number of carbonyl (C=O) groups is 2. The number of aliphatic hydroxyl groups is 1. The van der Waals surface area contributed by atoms with E-state index in [0.29, 0.717) is 28.2 Å². The summed E-state index contributed by atoms with van der Waals surface area (Å²) in [5.74, 6) is -0.768. The molecule has 2 amide bonds. The van der Waals surface area contributed by atoms with Crippen molar-refractivity contribution in [2.24, 2.45) is 0 Å². The summed E-state index contributed by atoms with van der Waals surface area (Å²) in [6.45, 7) is 1.77. The average Bonchev–Trinajstić information content (AvgIpc) is 2.55. The maximum atomic E-state index is 12.1. The lowest BCUT2D eigenvalue weighted by Gasteiger charge is -2.14. The van der Waals surface area contributed by atoms with Crippen molar-refractivity contribution in [3.63, 3.8) is 0 Å². The lowest BCUT2D eigenvalue weighted by molar-refractivity contribution is 0.0885. The van der Waals surface area contributed by atoms with E-state index in [-0.39, 0.29) is 19.0 Å². The highest BCUT2D eigenvalue weighted by molar-refractivity contribution is 5.96. The van der Waals surface area contributed by atoms with E-state index < -0.39 is 12.0 Å². The molecule has 0 spiro atoms. The fourth-order valence-corrected chi connectivity index (χ4v) is 2.45. The topological polar surface area (TPSA) is 156 Å². The standard InChI is InChI=1S/C18H23N5O3/c1-10-2-11(4-13(19)3-10)17(25)22-8-16(24)9-23-18(26)12-5-14(20)7-15(21)6-12/h2-7,16,24H,8-9,19-21H2,1H3,(H,22,25)(H,23,26). The number of nitrogens with one attached hydrogen (secondary N) is 2. The van der Waals surface area contributed by atoms with Crippen molar-refractivity contribution in [1.82, 2.24) is 10.6 Å². The third kappa shape index (κ3) is 5.38. The number of carbonyl (C=O) groups excluding carboxylic acids is 2. The lowest BCUT2D eigenvalue weighted by atomic mass is 10.1. The molecule has 0 aliphatic heterocycles. The quantitative estimate of drug-likeness (QED) is 0.407. The van der Waals surface area contributed by atoms with Crippen molar-refractivity contribution >= 4 is 28.9 Å². The Bertz CT molecular complexity index is 714. The van der Waals surface area contributed by atoms with Crippen LogP contribution in [0.5, 0.6) is 0 Å². The summed E-state index contributed by atoms with van der Waals surface area (Å²) < 4.78 is 0. The Morgan fingerprint density at radius 1 is 0.846 bits per heavy atom. The second-order valence-corrected chi connectivity index (χ2v) is 6.09. The number of aliphatic hydroxyl groups excluding tert-OH is 1. The molecule has 8 nitrogen and oxygen atoms in total. The second-order valence-electron chi connectivity index (χ2n) is 6.09. The van der Waals surface area contributed by atoms with E-state index in [1.807, 2.05) is 6.92 Å². The van der Waals surface area contributed by atoms with Gasteiger partial charge in [0.15, 0.2) is 0 Å². The van der Waals surface area contributed by atoms with Gasteiger partial charge in [0.25, 0.3) is 11.8 Å². The van der Waals surface area contributed by atoms with Crippen molar-refractivity contribution in [2.45, 2.75) is 13.0 Å². The van der Waals surface area contributed by atoms with Gasteiger partial charge in [-0.05, 0) is 48.9 Å². The molecule has 2 aromatic carbocycles. The summed E-state index contributed by atoms with van der Waals surface area (Å²) in [7, 11) is 0. The van der Waals surface area contributed by atoms with Crippen LogP contribution in [-0.2, 0) is 0 Å². The maximum absolute atomic E-state index is 12.1. The predicted octanol–water partition coefficient (Wildman–Crippen LogP) is 0.262. The van der Waals surface area contributed by atoms with Gasteiger partial charge in [0.1, 0.15) is 0 Å². The van der Waals surface area contributed by atoms with Crippen LogP contribution in [0.4, 0.5) is 17.1 Å².